The molecule has 2 aromatic heterocycles. The van der Waals surface area contributed by atoms with Crippen LogP contribution in [0.1, 0.15) is 22.2 Å². The molecule has 0 saturated carbocycles. The maximum Gasteiger partial charge on any atom is 0.287 e. The van der Waals surface area contributed by atoms with E-state index in [0.717, 1.165) is 16.7 Å². The van der Waals surface area contributed by atoms with E-state index < -0.39 is 6.10 Å². The first-order valence-electron chi connectivity index (χ1n) is 6.87. The van der Waals surface area contributed by atoms with Crippen molar-refractivity contribution >= 4 is 17.2 Å². The zero-order valence-electron chi connectivity index (χ0n) is 11.7. The molecule has 0 aliphatic carbocycles. The Morgan fingerprint density at radius 2 is 2.05 bits per heavy atom. The van der Waals surface area contributed by atoms with E-state index in [-0.39, 0.29) is 18.2 Å². The van der Waals surface area contributed by atoms with Gasteiger partial charge in [-0.15, -0.1) is 0 Å². The van der Waals surface area contributed by atoms with Crippen LogP contribution in [0, 0.1) is 0 Å². The van der Waals surface area contributed by atoms with Crippen molar-refractivity contribution in [1.82, 2.24) is 5.32 Å². The topological polar surface area (TPSA) is 62.5 Å². The Kier molecular flexibility index (Phi) is 4.37. The second-order valence-electron chi connectivity index (χ2n) is 4.81. The molecule has 2 heterocycles. The molecule has 2 N–H and O–H groups in total. The summed E-state index contributed by atoms with van der Waals surface area (Å²) < 4.78 is 5.31. The van der Waals surface area contributed by atoms with E-state index >= 15 is 0 Å². The summed E-state index contributed by atoms with van der Waals surface area (Å²) in [6, 6.07) is 13.2. The fourth-order valence-electron chi connectivity index (χ4n) is 2.18. The third kappa shape index (κ3) is 3.10. The summed E-state index contributed by atoms with van der Waals surface area (Å²) in [4.78, 5) is 12.3. The minimum atomic E-state index is -0.717. The molecule has 0 radical (unpaired) electrons. The van der Waals surface area contributed by atoms with Gasteiger partial charge >= 0.3 is 0 Å². The van der Waals surface area contributed by atoms with Crippen molar-refractivity contribution in [3.8, 4) is 11.1 Å². The van der Waals surface area contributed by atoms with Crippen molar-refractivity contribution in [2.75, 3.05) is 6.54 Å². The second-order valence-corrected chi connectivity index (χ2v) is 5.59. The lowest BCUT2D eigenvalue weighted by molar-refractivity contribution is 0.0890. The average Bonchev–Trinajstić information content (AvgIpc) is 3.24. The smallest absolute Gasteiger partial charge is 0.287 e. The van der Waals surface area contributed by atoms with Crippen LogP contribution in [0.25, 0.3) is 11.1 Å². The molecule has 3 aromatic rings. The van der Waals surface area contributed by atoms with Crippen molar-refractivity contribution in [3.05, 3.63) is 70.8 Å². The Hall–Kier alpha value is -2.37. The minimum absolute atomic E-state index is 0.143. The van der Waals surface area contributed by atoms with Crippen LogP contribution in [0.2, 0.25) is 0 Å². The Bertz CT molecular complexity index is 734. The molecule has 1 amide bonds. The molecular formula is C17H15NO3S. The van der Waals surface area contributed by atoms with Gasteiger partial charge in [-0.1, -0.05) is 30.3 Å². The van der Waals surface area contributed by atoms with Gasteiger partial charge in [0.1, 0.15) is 0 Å². The van der Waals surface area contributed by atoms with Crippen molar-refractivity contribution in [2.24, 2.45) is 0 Å². The number of aliphatic hydroxyl groups is 1. The van der Waals surface area contributed by atoms with Crippen LogP contribution in [-0.4, -0.2) is 17.6 Å². The van der Waals surface area contributed by atoms with E-state index in [9.17, 15) is 9.90 Å². The molecule has 0 saturated heterocycles. The van der Waals surface area contributed by atoms with Crippen molar-refractivity contribution < 1.29 is 14.3 Å². The van der Waals surface area contributed by atoms with Gasteiger partial charge < -0.3 is 14.8 Å². The van der Waals surface area contributed by atoms with E-state index in [4.69, 9.17) is 4.42 Å². The summed E-state index contributed by atoms with van der Waals surface area (Å²) in [5.74, 6) is -0.0816. The predicted molar refractivity (Wildman–Crippen MR) is 85.8 cm³/mol. The lowest BCUT2D eigenvalue weighted by Crippen LogP contribution is -2.28. The molecule has 22 heavy (non-hydrogen) atoms. The highest BCUT2D eigenvalue weighted by Gasteiger charge is 2.18. The highest BCUT2D eigenvalue weighted by atomic mass is 32.1. The molecular weight excluding hydrogens is 298 g/mol. The largest absolute Gasteiger partial charge is 0.459 e. The monoisotopic (exact) mass is 313 g/mol. The zero-order chi connectivity index (χ0) is 15.4. The average molecular weight is 313 g/mol. The molecule has 1 unspecified atom stereocenters. The lowest BCUT2D eigenvalue weighted by atomic mass is 10.1. The molecule has 1 atom stereocenters. The van der Waals surface area contributed by atoms with E-state index in [0.29, 0.717) is 0 Å². The van der Waals surface area contributed by atoms with Gasteiger partial charge in [0.05, 0.1) is 12.4 Å². The number of amides is 1. The summed E-state index contributed by atoms with van der Waals surface area (Å²) >= 11 is 1.51. The fourth-order valence-corrected chi connectivity index (χ4v) is 2.89. The number of furan rings is 1. The second kappa shape index (κ2) is 6.60. The molecule has 0 spiro atoms. The van der Waals surface area contributed by atoms with Crippen LogP contribution in [0.15, 0.2) is 63.9 Å². The number of hydrogen-bond donors (Lipinski definition) is 2. The number of hydrogen-bond acceptors (Lipinski definition) is 4. The van der Waals surface area contributed by atoms with Crippen molar-refractivity contribution in [3.63, 3.8) is 0 Å². The van der Waals surface area contributed by atoms with E-state index in [1.165, 1.54) is 17.6 Å². The number of rotatable bonds is 5. The number of aliphatic hydroxyl groups excluding tert-OH is 1. The molecule has 112 valence electrons. The predicted octanol–water partition coefficient (Wildman–Crippen LogP) is 3.47. The van der Waals surface area contributed by atoms with Crippen LogP contribution in [0.4, 0.5) is 0 Å². The number of thiophene rings is 1. The molecule has 1 aromatic carbocycles. The standard InChI is InChI=1S/C17H15NO3S/c19-15(13-7-9-22-11-13)10-18-17(20)16-14(6-8-21-16)12-4-2-1-3-5-12/h1-9,11,15,19H,10H2,(H,18,20). The van der Waals surface area contributed by atoms with E-state index in [2.05, 4.69) is 5.32 Å². The SMILES string of the molecule is O=C(NCC(O)c1ccsc1)c1occc1-c1ccccc1. The molecule has 0 fully saturated rings. The fraction of sp³-hybridized carbons (Fsp3) is 0.118. The van der Waals surface area contributed by atoms with Gasteiger partial charge in [0.25, 0.3) is 5.91 Å². The molecule has 5 heteroatoms. The van der Waals surface area contributed by atoms with Crippen LogP contribution in [0.3, 0.4) is 0 Å². The summed E-state index contributed by atoms with van der Waals surface area (Å²) in [6.07, 6.45) is 0.775. The van der Waals surface area contributed by atoms with E-state index in [1.807, 2.05) is 47.2 Å². The normalized spacial score (nSPS) is 12.0. The Morgan fingerprint density at radius 3 is 2.77 bits per heavy atom. The third-order valence-electron chi connectivity index (χ3n) is 3.34. The summed E-state index contributed by atoms with van der Waals surface area (Å²) in [7, 11) is 0. The van der Waals surface area contributed by atoms with Gasteiger partial charge in [0.2, 0.25) is 0 Å². The first-order valence-corrected chi connectivity index (χ1v) is 7.81. The summed E-state index contributed by atoms with van der Waals surface area (Å²) in [6.45, 7) is 0.143. The maximum absolute atomic E-state index is 12.3. The van der Waals surface area contributed by atoms with Gasteiger partial charge in [-0.25, -0.2) is 0 Å². The van der Waals surface area contributed by atoms with E-state index in [1.54, 1.807) is 6.07 Å². The minimum Gasteiger partial charge on any atom is -0.459 e. The quantitative estimate of drug-likeness (QED) is 0.758. The van der Waals surface area contributed by atoms with Gasteiger partial charge in [0.15, 0.2) is 5.76 Å². The number of carbonyl (C=O) groups is 1. The van der Waals surface area contributed by atoms with Gasteiger partial charge in [-0.3, -0.25) is 4.79 Å². The lowest BCUT2D eigenvalue weighted by Gasteiger charge is -2.10. The highest BCUT2D eigenvalue weighted by Crippen LogP contribution is 2.24. The maximum atomic E-state index is 12.3. The molecule has 0 aliphatic rings. The highest BCUT2D eigenvalue weighted by molar-refractivity contribution is 7.07. The van der Waals surface area contributed by atoms with Gasteiger partial charge in [-0.2, -0.15) is 11.3 Å². The number of nitrogens with one attached hydrogen (secondary N) is 1. The van der Waals surface area contributed by atoms with Gasteiger partial charge in [-0.05, 0) is 34.0 Å². The summed E-state index contributed by atoms with van der Waals surface area (Å²) in [5.41, 5.74) is 2.45. The third-order valence-corrected chi connectivity index (χ3v) is 4.04. The van der Waals surface area contributed by atoms with Crippen molar-refractivity contribution in [1.29, 1.82) is 0 Å². The molecule has 0 bridgehead atoms. The first kappa shape index (κ1) is 14.6. The van der Waals surface area contributed by atoms with Crippen LogP contribution >= 0.6 is 11.3 Å². The molecule has 4 nitrogen and oxygen atoms in total. The summed E-state index contributed by atoms with van der Waals surface area (Å²) in [5, 5.41) is 16.5. The van der Waals surface area contributed by atoms with Crippen molar-refractivity contribution in [2.45, 2.75) is 6.10 Å². The van der Waals surface area contributed by atoms with Crippen LogP contribution in [0.5, 0.6) is 0 Å². The van der Waals surface area contributed by atoms with Gasteiger partial charge in [0, 0.05) is 12.1 Å². The number of carbonyl (C=O) groups excluding carboxylic acids is 1. The zero-order valence-corrected chi connectivity index (χ0v) is 12.5. The Balaban J connectivity index is 1.70. The molecule has 3 rings (SSSR count). The first-order chi connectivity index (χ1) is 10.8. The Labute approximate surface area is 132 Å². The molecule has 0 aliphatic heterocycles. The number of benzene rings is 1. The Morgan fingerprint density at radius 1 is 1.23 bits per heavy atom. The van der Waals surface area contributed by atoms with Crippen LogP contribution < -0.4 is 5.32 Å². The van der Waals surface area contributed by atoms with Crippen LogP contribution in [-0.2, 0) is 0 Å².